The molecular formula is C14H21FN2O. The molecule has 1 saturated heterocycles. The average molecular weight is 252 g/mol. The number of hydrogen-bond donors (Lipinski definition) is 2. The van der Waals surface area contributed by atoms with E-state index in [4.69, 9.17) is 5.73 Å². The van der Waals surface area contributed by atoms with Gasteiger partial charge in [0.15, 0.2) is 0 Å². The van der Waals surface area contributed by atoms with Crippen LogP contribution in [0.15, 0.2) is 18.2 Å². The molecule has 1 aliphatic heterocycles. The lowest BCUT2D eigenvalue weighted by molar-refractivity contribution is 0.122. The molecule has 0 saturated carbocycles. The predicted octanol–water partition coefficient (Wildman–Crippen LogP) is 2.26. The summed E-state index contributed by atoms with van der Waals surface area (Å²) in [7, 11) is 0. The quantitative estimate of drug-likeness (QED) is 0.849. The molecule has 4 heteroatoms. The first kappa shape index (κ1) is 13.3. The maximum atomic E-state index is 13.8. The normalized spacial score (nSPS) is 27.1. The predicted molar refractivity (Wildman–Crippen MR) is 69.8 cm³/mol. The molecule has 3 nitrogen and oxygen atoms in total. The lowest BCUT2D eigenvalue weighted by atomic mass is 9.92. The molecule has 0 bridgehead atoms. The number of aromatic hydroxyl groups is 1. The molecule has 0 radical (unpaired) electrons. The van der Waals surface area contributed by atoms with Crippen molar-refractivity contribution in [3.8, 4) is 5.75 Å². The first-order chi connectivity index (χ1) is 8.49. The topological polar surface area (TPSA) is 49.5 Å². The van der Waals surface area contributed by atoms with Crippen molar-refractivity contribution in [2.75, 3.05) is 13.1 Å². The minimum Gasteiger partial charge on any atom is -0.508 e. The Labute approximate surface area is 107 Å². The number of likely N-dealkylation sites (tertiary alicyclic amines) is 1. The third-order valence-electron chi connectivity index (χ3n) is 3.98. The van der Waals surface area contributed by atoms with E-state index >= 15 is 0 Å². The lowest BCUT2D eigenvalue weighted by Gasteiger charge is -2.38. The lowest BCUT2D eigenvalue weighted by Crippen LogP contribution is -2.46. The van der Waals surface area contributed by atoms with Crippen LogP contribution >= 0.6 is 0 Å². The highest BCUT2D eigenvalue weighted by Crippen LogP contribution is 2.29. The van der Waals surface area contributed by atoms with Crippen molar-refractivity contribution in [2.24, 2.45) is 11.7 Å². The zero-order valence-corrected chi connectivity index (χ0v) is 10.9. The van der Waals surface area contributed by atoms with Crippen LogP contribution in [0.4, 0.5) is 4.39 Å². The molecule has 3 atom stereocenters. The van der Waals surface area contributed by atoms with Crippen LogP contribution in [0.2, 0.25) is 0 Å². The summed E-state index contributed by atoms with van der Waals surface area (Å²) in [6, 6.07) is 4.63. The molecule has 1 fully saturated rings. The number of phenolic OH excluding ortho intramolecular Hbond substituents is 1. The number of nitrogens with zero attached hydrogens (tertiary/aromatic N) is 1. The minimum absolute atomic E-state index is 0.0144. The summed E-state index contributed by atoms with van der Waals surface area (Å²) in [5.41, 5.74) is 6.63. The first-order valence-corrected chi connectivity index (χ1v) is 6.47. The summed E-state index contributed by atoms with van der Waals surface area (Å²) in [5, 5.41) is 9.24. The zero-order chi connectivity index (χ0) is 13.3. The van der Waals surface area contributed by atoms with Gasteiger partial charge in [-0.05, 0) is 25.3 Å². The van der Waals surface area contributed by atoms with E-state index in [9.17, 15) is 9.50 Å². The van der Waals surface area contributed by atoms with E-state index in [-0.39, 0.29) is 23.7 Å². The van der Waals surface area contributed by atoms with E-state index in [2.05, 4.69) is 11.8 Å². The maximum Gasteiger partial charge on any atom is 0.131 e. The molecule has 0 amide bonds. The second-order valence-electron chi connectivity index (χ2n) is 5.31. The monoisotopic (exact) mass is 252 g/mol. The summed E-state index contributed by atoms with van der Waals surface area (Å²) in [6.45, 7) is 5.92. The van der Waals surface area contributed by atoms with Gasteiger partial charge in [-0.1, -0.05) is 13.0 Å². The molecule has 2 rings (SSSR count). The maximum absolute atomic E-state index is 13.8. The van der Waals surface area contributed by atoms with Gasteiger partial charge < -0.3 is 10.8 Å². The number of nitrogens with two attached hydrogens (primary N) is 1. The molecule has 0 aliphatic carbocycles. The number of phenols is 1. The summed E-state index contributed by atoms with van der Waals surface area (Å²) in [5.74, 6) is 0.0592. The largest absolute Gasteiger partial charge is 0.508 e. The zero-order valence-electron chi connectivity index (χ0n) is 10.9. The second-order valence-corrected chi connectivity index (χ2v) is 5.31. The van der Waals surface area contributed by atoms with E-state index in [1.165, 1.54) is 12.1 Å². The third kappa shape index (κ3) is 2.65. The number of benzene rings is 1. The first-order valence-electron chi connectivity index (χ1n) is 6.47. The van der Waals surface area contributed by atoms with Crippen LogP contribution in [0.3, 0.4) is 0 Å². The van der Waals surface area contributed by atoms with Crippen molar-refractivity contribution >= 4 is 0 Å². The SMILES string of the molecule is CC1CN(C(C)c2ccc(O)cc2F)CCC1N. The second kappa shape index (κ2) is 5.24. The van der Waals surface area contributed by atoms with Crippen molar-refractivity contribution < 1.29 is 9.50 Å². The fraction of sp³-hybridized carbons (Fsp3) is 0.571. The minimum atomic E-state index is -0.343. The Hall–Kier alpha value is -1.13. The average Bonchev–Trinajstić information content (AvgIpc) is 2.32. The van der Waals surface area contributed by atoms with Crippen LogP contribution in [0.5, 0.6) is 5.75 Å². The molecule has 1 aromatic carbocycles. The number of halogens is 1. The van der Waals surface area contributed by atoms with E-state index in [1.54, 1.807) is 6.07 Å². The Bertz CT molecular complexity index is 424. The Morgan fingerprint density at radius 1 is 1.50 bits per heavy atom. The van der Waals surface area contributed by atoms with E-state index < -0.39 is 0 Å². The molecule has 0 aromatic heterocycles. The van der Waals surface area contributed by atoms with Crippen molar-refractivity contribution in [3.63, 3.8) is 0 Å². The molecule has 1 aromatic rings. The van der Waals surface area contributed by atoms with Gasteiger partial charge in [0.05, 0.1) is 0 Å². The molecule has 18 heavy (non-hydrogen) atoms. The van der Waals surface area contributed by atoms with Gasteiger partial charge >= 0.3 is 0 Å². The van der Waals surface area contributed by atoms with Gasteiger partial charge in [0.25, 0.3) is 0 Å². The molecule has 0 spiro atoms. The van der Waals surface area contributed by atoms with Crippen molar-refractivity contribution in [3.05, 3.63) is 29.6 Å². The summed E-state index contributed by atoms with van der Waals surface area (Å²) in [4.78, 5) is 2.25. The summed E-state index contributed by atoms with van der Waals surface area (Å²) < 4.78 is 13.8. The van der Waals surface area contributed by atoms with Crippen molar-refractivity contribution in [2.45, 2.75) is 32.4 Å². The van der Waals surface area contributed by atoms with Gasteiger partial charge in [-0.2, -0.15) is 0 Å². The summed E-state index contributed by atoms with van der Waals surface area (Å²) >= 11 is 0. The number of piperidine rings is 1. The Morgan fingerprint density at radius 2 is 2.22 bits per heavy atom. The molecule has 1 aliphatic rings. The summed E-state index contributed by atoms with van der Waals surface area (Å²) in [6.07, 6.45) is 0.950. The van der Waals surface area contributed by atoms with E-state index in [1.807, 2.05) is 6.92 Å². The smallest absolute Gasteiger partial charge is 0.131 e. The number of hydrogen-bond acceptors (Lipinski definition) is 3. The van der Waals surface area contributed by atoms with Crippen LogP contribution in [0.1, 0.15) is 31.9 Å². The highest BCUT2D eigenvalue weighted by Gasteiger charge is 2.27. The van der Waals surface area contributed by atoms with Gasteiger partial charge in [-0.15, -0.1) is 0 Å². The van der Waals surface area contributed by atoms with Crippen LogP contribution in [0.25, 0.3) is 0 Å². The van der Waals surface area contributed by atoms with Crippen molar-refractivity contribution in [1.29, 1.82) is 0 Å². The van der Waals surface area contributed by atoms with E-state index in [0.29, 0.717) is 11.5 Å². The van der Waals surface area contributed by atoms with Gasteiger partial charge in [-0.25, -0.2) is 4.39 Å². The van der Waals surface area contributed by atoms with Crippen LogP contribution in [0, 0.1) is 11.7 Å². The third-order valence-corrected chi connectivity index (χ3v) is 3.98. The fourth-order valence-electron chi connectivity index (χ4n) is 2.60. The highest BCUT2D eigenvalue weighted by molar-refractivity contribution is 5.29. The van der Waals surface area contributed by atoms with Gasteiger partial charge in [-0.3, -0.25) is 4.90 Å². The van der Waals surface area contributed by atoms with Gasteiger partial charge in [0.1, 0.15) is 11.6 Å². The van der Waals surface area contributed by atoms with Crippen LogP contribution in [-0.2, 0) is 0 Å². The molecule has 1 heterocycles. The molecule has 100 valence electrons. The Morgan fingerprint density at radius 3 is 2.83 bits per heavy atom. The standard InChI is InChI=1S/C14H21FN2O/c1-9-8-17(6-5-14(9)16)10(2)12-4-3-11(18)7-13(12)15/h3-4,7,9-10,14,18H,5-6,8,16H2,1-2H3. The van der Waals surface area contributed by atoms with Crippen LogP contribution < -0.4 is 5.73 Å². The van der Waals surface area contributed by atoms with Crippen LogP contribution in [-0.4, -0.2) is 29.1 Å². The van der Waals surface area contributed by atoms with Gasteiger partial charge in [0.2, 0.25) is 0 Å². The van der Waals surface area contributed by atoms with Gasteiger partial charge in [0, 0.05) is 36.8 Å². The Balaban J connectivity index is 2.13. The molecular weight excluding hydrogens is 231 g/mol. The van der Waals surface area contributed by atoms with E-state index in [0.717, 1.165) is 19.5 Å². The fourth-order valence-corrected chi connectivity index (χ4v) is 2.60. The van der Waals surface area contributed by atoms with Crippen molar-refractivity contribution in [1.82, 2.24) is 4.90 Å². The molecule has 3 N–H and O–H groups in total. The highest BCUT2D eigenvalue weighted by atomic mass is 19.1. The molecule has 3 unspecified atom stereocenters. The number of rotatable bonds is 2. The Kier molecular flexibility index (Phi) is 3.88.